The van der Waals surface area contributed by atoms with Crippen molar-refractivity contribution in [1.29, 1.82) is 0 Å². The summed E-state index contributed by atoms with van der Waals surface area (Å²) in [6.07, 6.45) is 0. The third-order valence-corrected chi connectivity index (χ3v) is 3.01. The summed E-state index contributed by atoms with van der Waals surface area (Å²) >= 11 is 4.73. The zero-order chi connectivity index (χ0) is 14.9. The number of hydrogen-bond acceptors (Lipinski definition) is 2. The van der Waals surface area contributed by atoms with Gasteiger partial charge in [0.05, 0.1) is 11.4 Å². The van der Waals surface area contributed by atoms with Crippen LogP contribution in [-0.4, -0.2) is 4.99 Å². The molecule has 0 aliphatic rings. The SMILES string of the molecule is Cc1cc(F)c(Nc2ccc(C(N)=S)cc2F)cc1F. The zero-order valence-corrected chi connectivity index (χ0v) is 11.3. The highest BCUT2D eigenvalue weighted by Crippen LogP contribution is 2.25. The minimum absolute atomic E-state index is 0.00662. The molecule has 2 rings (SSSR count). The Morgan fingerprint density at radius 1 is 1.00 bits per heavy atom. The van der Waals surface area contributed by atoms with E-state index in [1.807, 2.05) is 0 Å². The van der Waals surface area contributed by atoms with Crippen molar-refractivity contribution in [1.82, 2.24) is 0 Å². The molecule has 0 atom stereocenters. The normalized spacial score (nSPS) is 10.4. The lowest BCUT2D eigenvalue weighted by Gasteiger charge is -2.10. The minimum Gasteiger partial charge on any atom is -0.389 e. The van der Waals surface area contributed by atoms with Gasteiger partial charge in [0, 0.05) is 11.6 Å². The Labute approximate surface area is 119 Å². The van der Waals surface area contributed by atoms with Crippen LogP contribution in [0.1, 0.15) is 11.1 Å². The van der Waals surface area contributed by atoms with E-state index < -0.39 is 17.5 Å². The Morgan fingerprint density at radius 2 is 1.65 bits per heavy atom. The number of hydrogen-bond donors (Lipinski definition) is 2. The third-order valence-electron chi connectivity index (χ3n) is 2.77. The van der Waals surface area contributed by atoms with Gasteiger partial charge in [-0.05, 0) is 36.8 Å². The van der Waals surface area contributed by atoms with E-state index in [0.29, 0.717) is 5.56 Å². The summed E-state index contributed by atoms with van der Waals surface area (Å²) < 4.78 is 40.9. The molecule has 0 aliphatic heterocycles. The van der Waals surface area contributed by atoms with Crippen molar-refractivity contribution in [2.75, 3.05) is 5.32 Å². The lowest BCUT2D eigenvalue weighted by atomic mass is 10.1. The predicted octanol–water partition coefficient (Wildman–Crippen LogP) is 3.79. The smallest absolute Gasteiger partial charge is 0.147 e. The van der Waals surface area contributed by atoms with Gasteiger partial charge in [-0.15, -0.1) is 0 Å². The second kappa shape index (κ2) is 5.50. The van der Waals surface area contributed by atoms with Crippen LogP contribution < -0.4 is 11.1 Å². The first-order chi connectivity index (χ1) is 9.38. The molecular formula is C14H11F3N2S. The van der Waals surface area contributed by atoms with Crippen LogP contribution in [0.25, 0.3) is 0 Å². The topological polar surface area (TPSA) is 38.0 Å². The minimum atomic E-state index is -0.665. The highest BCUT2D eigenvalue weighted by Gasteiger charge is 2.10. The van der Waals surface area contributed by atoms with Crippen molar-refractivity contribution in [2.45, 2.75) is 6.92 Å². The summed E-state index contributed by atoms with van der Waals surface area (Å²) in [6.45, 7) is 1.44. The summed E-state index contributed by atoms with van der Waals surface area (Å²) in [5.74, 6) is -1.90. The van der Waals surface area contributed by atoms with E-state index >= 15 is 0 Å². The fourth-order valence-corrected chi connectivity index (χ4v) is 1.78. The van der Waals surface area contributed by atoms with Gasteiger partial charge in [-0.3, -0.25) is 0 Å². The molecule has 0 bridgehead atoms. The van der Waals surface area contributed by atoms with Gasteiger partial charge >= 0.3 is 0 Å². The molecule has 2 aromatic carbocycles. The third kappa shape index (κ3) is 2.91. The molecule has 20 heavy (non-hydrogen) atoms. The fourth-order valence-electron chi connectivity index (χ4n) is 1.66. The molecule has 0 saturated carbocycles. The molecule has 0 unspecified atom stereocenters. The lowest BCUT2D eigenvalue weighted by Crippen LogP contribution is -2.10. The monoisotopic (exact) mass is 296 g/mol. The van der Waals surface area contributed by atoms with E-state index in [4.69, 9.17) is 18.0 Å². The molecule has 0 radical (unpaired) electrons. The Morgan fingerprint density at radius 3 is 2.25 bits per heavy atom. The largest absolute Gasteiger partial charge is 0.389 e. The van der Waals surface area contributed by atoms with Crippen molar-refractivity contribution >= 4 is 28.6 Å². The van der Waals surface area contributed by atoms with Gasteiger partial charge < -0.3 is 11.1 Å². The van der Waals surface area contributed by atoms with Crippen molar-refractivity contribution in [3.63, 3.8) is 0 Å². The number of aryl methyl sites for hydroxylation is 1. The first-order valence-corrected chi connectivity index (χ1v) is 6.11. The van der Waals surface area contributed by atoms with Crippen LogP contribution in [0.2, 0.25) is 0 Å². The molecule has 0 amide bonds. The number of halogens is 3. The van der Waals surface area contributed by atoms with Crippen molar-refractivity contribution in [3.8, 4) is 0 Å². The molecule has 0 aliphatic carbocycles. The number of anilines is 2. The number of nitrogens with one attached hydrogen (secondary N) is 1. The van der Waals surface area contributed by atoms with Crippen molar-refractivity contribution < 1.29 is 13.2 Å². The van der Waals surface area contributed by atoms with Gasteiger partial charge in [-0.2, -0.15) is 0 Å². The Hall–Kier alpha value is -2.08. The first-order valence-electron chi connectivity index (χ1n) is 5.70. The molecular weight excluding hydrogens is 285 g/mol. The van der Waals surface area contributed by atoms with E-state index in [1.54, 1.807) is 0 Å². The van der Waals surface area contributed by atoms with E-state index in [0.717, 1.165) is 18.2 Å². The predicted molar refractivity (Wildman–Crippen MR) is 76.7 cm³/mol. The molecule has 6 heteroatoms. The maximum absolute atomic E-state index is 13.8. The molecule has 2 aromatic rings. The summed E-state index contributed by atoms with van der Waals surface area (Å²) in [5, 5.41) is 2.50. The number of nitrogens with two attached hydrogens (primary N) is 1. The summed E-state index contributed by atoms with van der Waals surface area (Å²) in [4.78, 5) is 0.0583. The van der Waals surface area contributed by atoms with Gasteiger partial charge in [0.1, 0.15) is 22.4 Å². The average Bonchev–Trinajstić information content (AvgIpc) is 2.37. The quantitative estimate of drug-likeness (QED) is 0.846. The maximum atomic E-state index is 13.8. The van der Waals surface area contributed by atoms with E-state index in [9.17, 15) is 13.2 Å². The Kier molecular flexibility index (Phi) is 3.94. The van der Waals surface area contributed by atoms with Crippen molar-refractivity contribution in [3.05, 3.63) is 58.9 Å². The number of thiocarbonyl (C=S) groups is 1. The molecule has 0 saturated heterocycles. The van der Waals surface area contributed by atoms with Crippen LogP contribution in [0.15, 0.2) is 30.3 Å². The molecule has 3 N–H and O–H groups in total. The van der Waals surface area contributed by atoms with Crippen LogP contribution in [-0.2, 0) is 0 Å². The molecule has 104 valence electrons. The molecule has 0 spiro atoms. The molecule has 0 fully saturated rings. The summed E-state index contributed by atoms with van der Waals surface area (Å²) in [5.41, 5.74) is 5.78. The van der Waals surface area contributed by atoms with Gasteiger partial charge in [-0.1, -0.05) is 12.2 Å². The van der Waals surface area contributed by atoms with Crippen LogP contribution in [0.4, 0.5) is 24.5 Å². The molecule has 0 aromatic heterocycles. The van der Waals surface area contributed by atoms with Crippen LogP contribution >= 0.6 is 12.2 Å². The summed E-state index contributed by atoms with van der Waals surface area (Å²) in [6, 6.07) is 6.01. The Balaban J connectivity index is 2.35. The second-order valence-electron chi connectivity index (χ2n) is 4.27. The highest BCUT2D eigenvalue weighted by molar-refractivity contribution is 7.80. The van der Waals surface area contributed by atoms with Crippen LogP contribution in [0.5, 0.6) is 0 Å². The lowest BCUT2D eigenvalue weighted by molar-refractivity contribution is 0.595. The fraction of sp³-hybridized carbons (Fsp3) is 0.0714. The van der Waals surface area contributed by atoms with E-state index in [1.165, 1.54) is 19.1 Å². The molecule has 0 heterocycles. The number of benzene rings is 2. The summed E-state index contributed by atoms with van der Waals surface area (Å²) in [7, 11) is 0. The second-order valence-corrected chi connectivity index (χ2v) is 4.70. The Bertz CT molecular complexity index is 686. The van der Waals surface area contributed by atoms with E-state index in [-0.39, 0.29) is 21.9 Å². The first kappa shape index (κ1) is 14.3. The maximum Gasteiger partial charge on any atom is 0.147 e. The van der Waals surface area contributed by atoms with E-state index in [2.05, 4.69) is 5.32 Å². The molecule has 2 nitrogen and oxygen atoms in total. The standard InChI is InChI=1S/C14H11F3N2S/c1-7-4-10(16)13(6-9(7)15)19-12-3-2-8(14(18)20)5-11(12)17/h2-6,19H,1H3,(H2,18,20). The van der Waals surface area contributed by atoms with Gasteiger partial charge in [0.15, 0.2) is 0 Å². The highest BCUT2D eigenvalue weighted by atomic mass is 32.1. The number of rotatable bonds is 3. The van der Waals surface area contributed by atoms with Gasteiger partial charge in [-0.25, -0.2) is 13.2 Å². The average molecular weight is 296 g/mol. The van der Waals surface area contributed by atoms with Gasteiger partial charge in [0.25, 0.3) is 0 Å². The van der Waals surface area contributed by atoms with Crippen molar-refractivity contribution in [2.24, 2.45) is 5.73 Å². The van der Waals surface area contributed by atoms with Crippen LogP contribution in [0.3, 0.4) is 0 Å². The zero-order valence-electron chi connectivity index (χ0n) is 10.5. The van der Waals surface area contributed by atoms with Gasteiger partial charge in [0.2, 0.25) is 0 Å². The van der Waals surface area contributed by atoms with Crippen LogP contribution in [0, 0.1) is 24.4 Å².